The Labute approximate surface area is 193 Å². The van der Waals surface area contributed by atoms with Crippen LogP contribution >= 0.6 is 0 Å². The molecular formula is C23H33N5O5. The van der Waals surface area contributed by atoms with E-state index < -0.39 is 0 Å². The fourth-order valence-corrected chi connectivity index (χ4v) is 4.37. The van der Waals surface area contributed by atoms with Crippen LogP contribution in [0.4, 0.5) is 4.79 Å². The van der Waals surface area contributed by atoms with E-state index in [-0.39, 0.29) is 23.7 Å². The lowest BCUT2D eigenvalue weighted by Gasteiger charge is -2.32. The summed E-state index contributed by atoms with van der Waals surface area (Å²) in [6.45, 7) is 2.50. The summed E-state index contributed by atoms with van der Waals surface area (Å²) in [6, 6.07) is 5.71. The predicted octanol–water partition coefficient (Wildman–Crippen LogP) is 2.13. The number of piperidine rings is 1. The van der Waals surface area contributed by atoms with Gasteiger partial charge in [-0.15, -0.1) is 0 Å². The van der Waals surface area contributed by atoms with Crippen molar-refractivity contribution in [3.8, 4) is 11.5 Å². The van der Waals surface area contributed by atoms with Gasteiger partial charge in [-0.05, 0) is 43.4 Å². The quantitative estimate of drug-likeness (QED) is 0.617. The van der Waals surface area contributed by atoms with Crippen LogP contribution in [0.1, 0.15) is 49.0 Å². The van der Waals surface area contributed by atoms with Crippen molar-refractivity contribution in [1.82, 2.24) is 24.6 Å². The van der Waals surface area contributed by atoms with E-state index in [1.807, 2.05) is 27.7 Å². The summed E-state index contributed by atoms with van der Waals surface area (Å²) in [5.41, 5.74) is 0.855. The Bertz CT molecular complexity index is 1030. The van der Waals surface area contributed by atoms with Crippen LogP contribution in [0.2, 0.25) is 0 Å². The van der Waals surface area contributed by atoms with Crippen molar-refractivity contribution in [3.05, 3.63) is 40.1 Å². The molecule has 1 aromatic heterocycles. The first-order valence-electron chi connectivity index (χ1n) is 11.5. The molecule has 1 atom stereocenters. The molecule has 10 nitrogen and oxygen atoms in total. The van der Waals surface area contributed by atoms with E-state index in [0.717, 1.165) is 37.1 Å². The fraction of sp³-hybridized carbons (Fsp3) is 0.609. The number of carbonyl (C=O) groups excluding carboxylic acids is 1. The van der Waals surface area contributed by atoms with E-state index in [0.29, 0.717) is 44.3 Å². The number of carbonyl (C=O) groups is 1. The molecule has 2 amide bonds. The van der Waals surface area contributed by atoms with Crippen molar-refractivity contribution >= 4 is 6.03 Å². The zero-order chi connectivity index (χ0) is 23.4. The zero-order valence-corrected chi connectivity index (χ0v) is 19.6. The number of amides is 2. The van der Waals surface area contributed by atoms with E-state index in [1.165, 1.54) is 4.68 Å². The van der Waals surface area contributed by atoms with Gasteiger partial charge in [0, 0.05) is 38.7 Å². The van der Waals surface area contributed by atoms with Crippen LogP contribution in [0.3, 0.4) is 0 Å². The third-order valence-electron chi connectivity index (χ3n) is 6.28. The summed E-state index contributed by atoms with van der Waals surface area (Å²) in [5.74, 6) is 2.13. The van der Waals surface area contributed by atoms with Crippen LogP contribution in [0, 0.1) is 0 Å². The number of nitrogens with one attached hydrogen (secondary N) is 1. The number of benzene rings is 1. The number of methoxy groups -OCH3 is 3. The number of hydrogen-bond donors (Lipinski definition) is 1. The molecule has 1 N–H and O–H groups in total. The Balaban J connectivity index is 1.42. The first-order chi connectivity index (χ1) is 16.0. The highest BCUT2D eigenvalue weighted by molar-refractivity contribution is 5.74. The molecule has 1 aromatic carbocycles. The van der Waals surface area contributed by atoms with Gasteiger partial charge in [0.1, 0.15) is 5.82 Å². The van der Waals surface area contributed by atoms with Crippen molar-refractivity contribution in [2.45, 2.75) is 50.7 Å². The van der Waals surface area contributed by atoms with Crippen LogP contribution in [0.5, 0.6) is 11.5 Å². The number of nitrogens with zero attached hydrogens (tertiary/aromatic N) is 4. The first kappa shape index (κ1) is 23.2. The van der Waals surface area contributed by atoms with Gasteiger partial charge in [0.15, 0.2) is 11.5 Å². The largest absolute Gasteiger partial charge is 0.493 e. The molecular weight excluding hydrogens is 426 g/mol. The minimum atomic E-state index is -0.117. The average molecular weight is 460 g/mol. The van der Waals surface area contributed by atoms with Gasteiger partial charge in [-0.2, -0.15) is 5.10 Å². The average Bonchev–Trinajstić information content (AvgIpc) is 3.63. The zero-order valence-electron chi connectivity index (χ0n) is 19.6. The fourth-order valence-electron chi connectivity index (χ4n) is 4.37. The van der Waals surface area contributed by atoms with Crippen molar-refractivity contribution < 1.29 is 19.0 Å². The summed E-state index contributed by atoms with van der Waals surface area (Å²) < 4.78 is 19.1. The molecule has 2 heterocycles. The molecule has 0 radical (unpaired) electrons. The molecule has 1 saturated carbocycles. The number of rotatable bonds is 9. The molecule has 0 bridgehead atoms. The molecule has 1 aliphatic carbocycles. The number of aromatic nitrogens is 3. The Morgan fingerprint density at radius 1 is 1.15 bits per heavy atom. The second-order valence-electron chi connectivity index (χ2n) is 8.59. The van der Waals surface area contributed by atoms with Gasteiger partial charge in [-0.3, -0.25) is 4.57 Å². The van der Waals surface area contributed by atoms with Gasteiger partial charge >= 0.3 is 11.7 Å². The maximum Gasteiger partial charge on any atom is 0.346 e. The van der Waals surface area contributed by atoms with Crippen molar-refractivity contribution in [3.63, 3.8) is 0 Å². The minimum Gasteiger partial charge on any atom is -0.493 e. The molecule has 33 heavy (non-hydrogen) atoms. The molecule has 2 aromatic rings. The first-order valence-corrected chi connectivity index (χ1v) is 11.5. The van der Waals surface area contributed by atoms with E-state index in [2.05, 4.69) is 10.4 Å². The normalized spacial score (nSPS) is 18.3. The van der Waals surface area contributed by atoms with E-state index in [9.17, 15) is 9.59 Å². The second kappa shape index (κ2) is 10.3. The smallest absolute Gasteiger partial charge is 0.346 e. The van der Waals surface area contributed by atoms with Crippen LogP contribution in [0.15, 0.2) is 23.0 Å². The van der Waals surface area contributed by atoms with Crippen LogP contribution in [-0.2, 0) is 17.8 Å². The van der Waals surface area contributed by atoms with E-state index >= 15 is 0 Å². The molecule has 2 aliphatic rings. The topological polar surface area (TPSA) is 99.8 Å². The SMILES string of the molecule is COCCn1nc(C2CCCN(C(=O)NCc3ccc(OC)c(OC)c3)C2)n(C2CC2)c1=O. The van der Waals surface area contributed by atoms with Gasteiger partial charge < -0.3 is 24.4 Å². The standard InChI is InChI=1S/C23H33N5O5/c1-31-12-11-27-23(30)28(18-7-8-18)21(25-27)17-5-4-10-26(15-17)22(29)24-14-16-6-9-19(32-2)20(13-16)33-3/h6,9,13,17-18H,4-5,7-8,10-12,14-15H2,1-3H3,(H,24,29). The van der Waals surface area contributed by atoms with Crippen molar-refractivity contribution in [2.24, 2.45) is 0 Å². The molecule has 1 saturated heterocycles. The van der Waals surface area contributed by atoms with E-state index in [4.69, 9.17) is 14.2 Å². The predicted molar refractivity (Wildman–Crippen MR) is 122 cm³/mol. The lowest BCUT2D eigenvalue weighted by molar-refractivity contribution is 0.176. The number of ether oxygens (including phenoxy) is 3. The number of hydrogen-bond acceptors (Lipinski definition) is 6. The highest BCUT2D eigenvalue weighted by atomic mass is 16.5. The van der Waals surface area contributed by atoms with Crippen molar-refractivity contribution in [1.29, 1.82) is 0 Å². The molecule has 1 aliphatic heterocycles. The number of likely N-dealkylation sites (tertiary alicyclic amines) is 1. The molecule has 180 valence electrons. The second-order valence-corrected chi connectivity index (χ2v) is 8.59. The highest BCUT2D eigenvalue weighted by Gasteiger charge is 2.35. The molecule has 2 fully saturated rings. The highest BCUT2D eigenvalue weighted by Crippen LogP contribution is 2.37. The van der Waals surface area contributed by atoms with Crippen molar-refractivity contribution in [2.75, 3.05) is 41.0 Å². The molecule has 0 spiro atoms. The Morgan fingerprint density at radius 3 is 2.64 bits per heavy atom. The molecule has 1 unspecified atom stereocenters. The summed E-state index contributed by atoms with van der Waals surface area (Å²) in [6.07, 6.45) is 3.79. The van der Waals surface area contributed by atoms with Gasteiger partial charge in [0.25, 0.3) is 0 Å². The lowest BCUT2D eigenvalue weighted by atomic mass is 9.97. The summed E-state index contributed by atoms with van der Waals surface area (Å²) in [4.78, 5) is 27.6. The van der Waals surface area contributed by atoms with E-state index in [1.54, 1.807) is 21.3 Å². The maximum atomic E-state index is 12.9. The summed E-state index contributed by atoms with van der Waals surface area (Å²) in [7, 11) is 4.80. The minimum absolute atomic E-state index is 0.0441. The van der Waals surface area contributed by atoms with Crippen LogP contribution in [0.25, 0.3) is 0 Å². The van der Waals surface area contributed by atoms with Gasteiger partial charge in [0.05, 0.1) is 27.4 Å². The third-order valence-corrected chi connectivity index (χ3v) is 6.28. The Morgan fingerprint density at radius 2 is 1.94 bits per heavy atom. The van der Waals surface area contributed by atoms with Crippen LogP contribution in [-0.4, -0.2) is 66.3 Å². The Hall–Kier alpha value is -3.01. The van der Waals surface area contributed by atoms with Gasteiger partial charge in [-0.25, -0.2) is 14.3 Å². The summed E-state index contributed by atoms with van der Waals surface area (Å²) >= 11 is 0. The Kier molecular flexibility index (Phi) is 7.22. The number of urea groups is 1. The monoisotopic (exact) mass is 459 g/mol. The van der Waals surface area contributed by atoms with Crippen LogP contribution < -0.4 is 20.5 Å². The maximum absolute atomic E-state index is 12.9. The lowest BCUT2D eigenvalue weighted by Crippen LogP contribution is -2.45. The van der Waals surface area contributed by atoms with Gasteiger partial charge in [0.2, 0.25) is 0 Å². The third kappa shape index (κ3) is 5.16. The molecule has 4 rings (SSSR count). The summed E-state index contributed by atoms with van der Waals surface area (Å²) in [5, 5.41) is 7.66. The molecule has 10 heteroatoms. The van der Waals surface area contributed by atoms with Gasteiger partial charge in [-0.1, -0.05) is 6.07 Å².